The van der Waals surface area contributed by atoms with E-state index in [9.17, 15) is 19.2 Å². The van der Waals surface area contributed by atoms with Gasteiger partial charge in [0, 0.05) is 5.75 Å². The average molecular weight is 420 g/mol. The van der Waals surface area contributed by atoms with Crippen molar-refractivity contribution in [3.05, 3.63) is 47.2 Å². The van der Waals surface area contributed by atoms with E-state index in [0.717, 1.165) is 5.56 Å². The number of esters is 2. The first-order valence-corrected chi connectivity index (χ1v) is 10.0. The molecule has 156 valence electrons. The van der Waals surface area contributed by atoms with Crippen LogP contribution in [0, 0.1) is 0 Å². The van der Waals surface area contributed by atoms with Crippen LogP contribution in [-0.2, 0) is 35.3 Å². The molecule has 1 saturated heterocycles. The zero-order valence-electron chi connectivity index (χ0n) is 16.5. The van der Waals surface area contributed by atoms with Crippen molar-refractivity contribution in [2.45, 2.75) is 38.3 Å². The Bertz CT molecular complexity index is 791. The van der Waals surface area contributed by atoms with E-state index < -0.39 is 23.3 Å². The van der Waals surface area contributed by atoms with Crippen LogP contribution in [0.3, 0.4) is 0 Å². The van der Waals surface area contributed by atoms with E-state index in [1.54, 1.807) is 13.8 Å². The summed E-state index contributed by atoms with van der Waals surface area (Å²) >= 11 is 1.29. The summed E-state index contributed by atoms with van der Waals surface area (Å²) in [5.41, 5.74) is 1.58. The van der Waals surface area contributed by atoms with Crippen molar-refractivity contribution in [3.8, 4) is 0 Å². The van der Waals surface area contributed by atoms with Gasteiger partial charge in [-0.2, -0.15) is 0 Å². The summed E-state index contributed by atoms with van der Waals surface area (Å²) in [5, 5.41) is 1.95. The second-order valence-corrected chi connectivity index (χ2v) is 7.69. The molecule has 2 amide bonds. The Morgan fingerprint density at radius 3 is 2.52 bits per heavy atom. The maximum absolute atomic E-state index is 12.7. The van der Waals surface area contributed by atoms with Crippen LogP contribution in [0.1, 0.15) is 25.8 Å². The van der Waals surface area contributed by atoms with Crippen molar-refractivity contribution >= 4 is 36.0 Å². The van der Waals surface area contributed by atoms with Gasteiger partial charge in [0.15, 0.2) is 0 Å². The van der Waals surface area contributed by atoms with Gasteiger partial charge in [0.25, 0.3) is 5.91 Å². The molecule has 0 aliphatic carbocycles. The molecule has 2 unspecified atom stereocenters. The largest absolute Gasteiger partial charge is 0.469 e. The predicted octanol–water partition coefficient (Wildman–Crippen LogP) is 1.60. The number of β-lactam (4-membered cyclic amide) rings is 1. The smallest absolute Gasteiger partial charge is 0.355 e. The fraction of sp³-hybridized carbons (Fsp3) is 0.400. The van der Waals surface area contributed by atoms with Gasteiger partial charge in [-0.1, -0.05) is 30.3 Å². The van der Waals surface area contributed by atoms with E-state index in [2.05, 4.69) is 10.1 Å². The molecule has 1 aliphatic heterocycles. The summed E-state index contributed by atoms with van der Waals surface area (Å²) in [6.07, 6.45) is 0.597. The van der Waals surface area contributed by atoms with Crippen LogP contribution in [-0.4, -0.2) is 53.4 Å². The Morgan fingerprint density at radius 2 is 1.93 bits per heavy atom. The fourth-order valence-electron chi connectivity index (χ4n) is 2.80. The number of rotatable bonds is 10. The second kappa shape index (κ2) is 10.7. The first-order chi connectivity index (χ1) is 13.9. The summed E-state index contributed by atoms with van der Waals surface area (Å²) in [6, 6.07) is 8.44. The summed E-state index contributed by atoms with van der Waals surface area (Å²) < 4.78 is 10.0. The minimum atomic E-state index is -0.772. The number of carbonyl (C=O) groups excluding carboxylic acids is 4. The van der Waals surface area contributed by atoms with Crippen molar-refractivity contribution in [2.24, 2.45) is 0 Å². The lowest BCUT2D eigenvalue weighted by Gasteiger charge is -2.46. The van der Waals surface area contributed by atoms with Crippen LogP contribution in [0.2, 0.25) is 0 Å². The maximum Gasteiger partial charge on any atom is 0.355 e. The second-order valence-electron chi connectivity index (χ2n) is 6.47. The number of thioether (sulfide) groups is 1. The molecular formula is C20H24N2O6S. The lowest BCUT2D eigenvalue weighted by atomic mass is 10.0. The highest BCUT2D eigenvalue weighted by Crippen LogP contribution is 2.35. The fourth-order valence-corrected chi connectivity index (χ4v) is 4.07. The van der Waals surface area contributed by atoms with Gasteiger partial charge < -0.3 is 14.8 Å². The Morgan fingerprint density at radius 1 is 1.24 bits per heavy atom. The molecule has 0 saturated carbocycles. The standard InChI is InChI=1S/C20H24N2O6S/c1-13(2)17(20(26)28-11-14-7-5-4-6-8-14)22-18(25)16(21-12-23)19(22)29-10-9-15(24)27-3/h4-8,12,16,19H,9-11H2,1-3H3,(H,21,23). The van der Waals surface area contributed by atoms with Gasteiger partial charge in [0.05, 0.1) is 13.5 Å². The van der Waals surface area contributed by atoms with E-state index in [1.807, 2.05) is 30.3 Å². The lowest BCUT2D eigenvalue weighted by molar-refractivity contribution is -0.152. The summed E-state index contributed by atoms with van der Waals surface area (Å²) in [7, 11) is 1.30. The molecule has 1 aliphatic rings. The van der Waals surface area contributed by atoms with E-state index in [4.69, 9.17) is 4.74 Å². The van der Waals surface area contributed by atoms with Crippen molar-refractivity contribution in [3.63, 3.8) is 0 Å². The number of amides is 2. The minimum absolute atomic E-state index is 0.0780. The third-order valence-corrected chi connectivity index (χ3v) is 5.50. The Labute approximate surface area is 173 Å². The number of allylic oxidation sites excluding steroid dienone is 1. The summed E-state index contributed by atoms with van der Waals surface area (Å²) in [6.45, 7) is 3.50. The van der Waals surface area contributed by atoms with Crippen LogP contribution in [0.15, 0.2) is 41.6 Å². The van der Waals surface area contributed by atoms with Crippen LogP contribution in [0.25, 0.3) is 0 Å². The number of hydrogen-bond donors (Lipinski definition) is 1. The molecule has 0 spiro atoms. The van der Waals surface area contributed by atoms with Crippen LogP contribution in [0.4, 0.5) is 0 Å². The first-order valence-electron chi connectivity index (χ1n) is 9.00. The number of likely N-dealkylation sites (tertiary alicyclic amines) is 1. The molecule has 1 aromatic rings. The highest BCUT2D eigenvalue weighted by Gasteiger charge is 2.51. The third-order valence-electron chi connectivity index (χ3n) is 4.23. The molecule has 0 bridgehead atoms. The van der Waals surface area contributed by atoms with Gasteiger partial charge in [0.1, 0.15) is 23.7 Å². The highest BCUT2D eigenvalue weighted by molar-refractivity contribution is 8.00. The van der Waals surface area contributed by atoms with Gasteiger partial charge in [-0.3, -0.25) is 19.3 Å². The Balaban J connectivity index is 2.12. The van der Waals surface area contributed by atoms with E-state index in [0.29, 0.717) is 17.7 Å². The van der Waals surface area contributed by atoms with Gasteiger partial charge in [-0.15, -0.1) is 11.8 Å². The molecular weight excluding hydrogens is 396 g/mol. The predicted molar refractivity (Wildman–Crippen MR) is 107 cm³/mol. The Hall–Kier alpha value is -2.81. The molecule has 9 heteroatoms. The van der Waals surface area contributed by atoms with Crippen LogP contribution < -0.4 is 5.32 Å². The SMILES string of the molecule is COC(=O)CCSC1C(NC=O)C(=O)N1C(C(=O)OCc1ccccc1)=C(C)C. The van der Waals surface area contributed by atoms with Crippen molar-refractivity contribution in [2.75, 3.05) is 12.9 Å². The number of nitrogens with zero attached hydrogens (tertiary/aromatic N) is 1. The van der Waals surface area contributed by atoms with Crippen LogP contribution >= 0.6 is 11.8 Å². The van der Waals surface area contributed by atoms with Crippen molar-refractivity contribution < 1.29 is 28.7 Å². The zero-order chi connectivity index (χ0) is 21.4. The molecule has 2 atom stereocenters. The minimum Gasteiger partial charge on any atom is -0.469 e. The first kappa shape index (κ1) is 22.5. The third kappa shape index (κ3) is 5.60. The molecule has 2 rings (SSSR count). The molecule has 0 aromatic heterocycles. The molecule has 29 heavy (non-hydrogen) atoms. The van der Waals surface area contributed by atoms with Gasteiger partial charge >= 0.3 is 11.9 Å². The maximum atomic E-state index is 12.7. The quantitative estimate of drug-likeness (QED) is 0.265. The van der Waals surface area contributed by atoms with Gasteiger partial charge in [-0.25, -0.2) is 4.79 Å². The summed E-state index contributed by atoms with van der Waals surface area (Å²) in [4.78, 5) is 48.9. The normalized spacial score (nSPS) is 17.8. The molecule has 1 heterocycles. The van der Waals surface area contributed by atoms with Crippen molar-refractivity contribution in [1.82, 2.24) is 10.2 Å². The van der Waals surface area contributed by atoms with E-state index in [1.165, 1.54) is 23.8 Å². The Kier molecular flexibility index (Phi) is 8.26. The number of hydrogen-bond acceptors (Lipinski definition) is 7. The highest BCUT2D eigenvalue weighted by atomic mass is 32.2. The lowest BCUT2D eigenvalue weighted by Crippen LogP contribution is -2.68. The number of benzene rings is 1. The average Bonchev–Trinajstić information content (AvgIpc) is 2.72. The van der Waals surface area contributed by atoms with Gasteiger partial charge in [0.2, 0.25) is 6.41 Å². The summed E-state index contributed by atoms with van der Waals surface area (Å²) in [5.74, 6) is -1.03. The molecule has 0 radical (unpaired) electrons. The van der Waals surface area contributed by atoms with Gasteiger partial charge in [-0.05, 0) is 25.0 Å². The number of nitrogens with one attached hydrogen (secondary N) is 1. The van der Waals surface area contributed by atoms with Crippen molar-refractivity contribution in [1.29, 1.82) is 0 Å². The number of ether oxygens (including phenoxy) is 2. The number of carbonyl (C=O) groups is 4. The molecule has 8 nitrogen and oxygen atoms in total. The molecule has 1 aromatic carbocycles. The molecule has 1 N–H and O–H groups in total. The number of methoxy groups -OCH3 is 1. The van der Waals surface area contributed by atoms with Crippen LogP contribution in [0.5, 0.6) is 0 Å². The topological polar surface area (TPSA) is 102 Å². The van der Waals surface area contributed by atoms with E-state index in [-0.39, 0.29) is 24.7 Å². The molecule has 1 fully saturated rings. The monoisotopic (exact) mass is 420 g/mol. The van der Waals surface area contributed by atoms with E-state index >= 15 is 0 Å². The zero-order valence-corrected chi connectivity index (χ0v) is 17.4.